The van der Waals surface area contributed by atoms with Gasteiger partial charge in [0.25, 0.3) is 0 Å². The van der Waals surface area contributed by atoms with Gasteiger partial charge in [0.05, 0.1) is 5.92 Å². The Morgan fingerprint density at radius 1 is 1.38 bits per heavy atom. The number of amides is 2. The minimum atomic E-state index is -0.924. The minimum absolute atomic E-state index is 0.350. The molecule has 0 aromatic heterocycles. The maximum Gasteiger partial charge on any atom is 0.315 e. The van der Waals surface area contributed by atoms with Crippen molar-refractivity contribution in [1.29, 1.82) is 0 Å². The number of nitrogens with one attached hydrogen (secondary N) is 2. The third-order valence-corrected chi connectivity index (χ3v) is 2.31. The maximum atomic E-state index is 11.3. The van der Waals surface area contributed by atoms with E-state index in [2.05, 4.69) is 10.6 Å². The van der Waals surface area contributed by atoms with Crippen LogP contribution in [0.4, 0.5) is 4.79 Å². The summed E-state index contributed by atoms with van der Waals surface area (Å²) in [5.74, 6) is -1.53. The number of methoxy groups -OCH3 is 1. The Kier molecular flexibility index (Phi) is 7.28. The van der Waals surface area contributed by atoms with Gasteiger partial charge >= 0.3 is 12.0 Å². The van der Waals surface area contributed by atoms with Crippen LogP contribution in [0.25, 0.3) is 0 Å². The van der Waals surface area contributed by atoms with Crippen LogP contribution in [0.5, 0.6) is 0 Å². The molecule has 3 N–H and O–H groups in total. The van der Waals surface area contributed by atoms with Gasteiger partial charge in [-0.2, -0.15) is 0 Å². The summed E-state index contributed by atoms with van der Waals surface area (Å²) in [7, 11) is 1.59. The lowest BCUT2D eigenvalue weighted by Crippen LogP contribution is -2.45. The summed E-state index contributed by atoms with van der Waals surface area (Å²) in [5.41, 5.74) is 0. The van der Waals surface area contributed by atoms with Crippen LogP contribution in [0.2, 0.25) is 0 Å². The summed E-state index contributed by atoms with van der Waals surface area (Å²) >= 11 is 0. The van der Waals surface area contributed by atoms with Crippen molar-refractivity contribution in [1.82, 2.24) is 10.6 Å². The second-order valence-electron chi connectivity index (χ2n) is 3.66. The van der Waals surface area contributed by atoms with Crippen molar-refractivity contribution < 1.29 is 19.4 Å². The summed E-state index contributed by atoms with van der Waals surface area (Å²) in [6, 6.07) is -0.753. The number of carbonyl (C=O) groups excluding carboxylic acids is 1. The molecule has 0 aliphatic carbocycles. The van der Waals surface area contributed by atoms with Crippen LogP contribution >= 0.6 is 0 Å². The fraction of sp³-hybridized carbons (Fsp3) is 0.800. The first-order valence-corrected chi connectivity index (χ1v) is 5.25. The molecule has 0 aromatic rings. The third kappa shape index (κ3) is 6.23. The van der Waals surface area contributed by atoms with E-state index < -0.39 is 17.9 Å². The average molecular weight is 232 g/mol. The number of ether oxygens (including phenoxy) is 1. The molecule has 2 amide bonds. The minimum Gasteiger partial charge on any atom is -0.481 e. The van der Waals surface area contributed by atoms with E-state index in [9.17, 15) is 9.59 Å². The lowest BCUT2D eigenvalue weighted by Gasteiger charge is -2.18. The average Bonchev–Trinajstić information content (AvgIpc) is 2.23. The van der Waals surface area contributed by atoms with Crippen LogP contribution in [0.3, 0.4) is 0 Å². The highest BCUT2D eigenvalue weighted by atomic mass is 16.5. The van der Waals surface area contributed by atoms with Crippen LogP contribution < -0.4 is 10.6 Å². The second kappa shape index (κ2) is 7.92. The van der Waals surface area contributed by atoms with Crippen molar-refractivity contribution in [2.45, 2.75) is 26.3 Å². The molecule has 0 spiro atoms. The molecule has 0 aliphatic heterocycles. The van der Waals surface area contributed by atoms with Crippen molar-refractivity contribution in [2.75, 3.05) is 20.3 Å². The lowest BCUT2D eigenvalue weighted by atomic mass is 10.0. The summed E-state index contributed by atoms with van der Waals surface area (Å²) in [6.45, 7) is 4.31. The Morgan fingerprint density at radius 2 is 2.00 bits per heavy atom. The Labute approximate surface area is 95.4 Å². The molecule has 2 atom stereocenters. The van der Waals surface area contributed by atoms with Crippen LogP contribution in [0.1, 0.15) is 20.3 Å². The molecule has 16 heavy (non-hydrogen) atoms. The van der Waals surface area contributed by atoms with E-state index >= 15 is 0 Å². The van der Waals surface area contributed by atoms with Gasteiger partial charge < -0.3 is 20.5 Å². The molecule has 0 radical (unpaired) electrons. The van der Waals surface area contributed by atoms with Crippen LogP contribution in [0.15, 0.2) is 0 Å². The molecular weight excluding hydrogens is 212 g/mol. The van der Waals surface area contributed by atoms with Crippen molar-refractivity contribution >= 4 is 12.0 Å². The number of carboxylic acids is 1. The van der Waals surface area contributed by atoms with Gasteiger partial charge in [-0.05, 0) is 20.3 Å². The highest BCUT2D eigenvalue weighted by molar-refractivity contribution is 5.76. The van der Waals surface area contributed by atoms with Gasteiger partial charge in [0, 0.05) is 26.3 Å². The van der Waals surface area contributed by atoms with Gasteiger partial charge in [0.1, 0.15) is 0 Å². The number of hydrogen-bond donors (Lipinski definition) is 3. The topological polar surface area (TPSA) is 87.7 Å². The molecule has 0 rings (SSSR count). The van der Waals surface area contributed by atoms with Crippen molar-refractivity contribution in [2.24, 2.45) is 5.92 Å². The Balaban J connectivity index is 3.74. The lowest BCUT2D eigenvalue weighted by molar-refractivity contribution is -0.141. The molecule has 0 fully saturated rings. The van der Waals surface area contributed by atoms with Crippen molar-refractivity contribution in [3.63, 3.8) is 0 Å². The molecule has 0 saturated carbocycles. The van der Waals surface area contributed by atoms with Crippen LogP contribution in [-0.4, -0.2) is 43.4 Å². The maximum absolute atomic E-state index is 11.3. The molecule has 94 valence electrons. The zero-order valence-electron chi connectivity index (χ0n) is 9.95. The van der Waals surface area contributed by atoms with E-state index in [-0.39, 0.29) is 6.03 Å². The van der Waals surface area contributed by atoms with E-state index in [1.54, 1.807) is 21.0 Å². The van der Waals surface area contributed by atoms with Crippen molar-refractivity contribution in [3.8, 4) is 0 Å². The normalized spacial score (nSPS) is 13.9. The van der Waals surface area contributed by atoms with E-state index in [0.29, 0.717) is 13.2 Å². The molecule has 0 bridgehead atoms. The standard InChI is InChI=1S/C10H20N2O4/c1-7(9(13)14)8(2)12-10(15)11-5-4-6-16-3/h7-8H,4-6H2,1-3H3,(H,13,14)(H2,11,12,15). The van der Waals surface area contributed by atoms with Gasteiger partial charge in [-0.25, -0.2) is 4.79 Å². The third-order valence-electron chi connectivity index (χ3n) is 2.31. The number of carboxylic acid groups (broad SMARTS) is 1. The first kappa shape index (κ1) is 14.7. The van der Waals surface area contributed by atoms with Crippen LogP contribution in [0, 0.1) is 5.92 Å². The van der Waals surface area contributed by atoms with E-state index in [1.165, 1.54) is 0 Å². The van der Waals surface area contributed by atoms with E-state index in [0.717, 1.165) is 6.42 Å². The number of aliphatic carboxylic acids is 1. The molecular formula is C10H20N2O4. The molecule has 6 heteroatoms. The zero-order valence-corrected chi connectivity index (χ0v) is 9.95. The summed E-state index contributed by atoms with van der Waals surface area (Å²) in [5, 5.41) is 13.9. The van der Waals surface area contributed by atoms with E-state index in [1.807, 2.05) is 0 Å². The monoisotopic (exact) mass is 232 g/mol. The summed E-state index contributed by atoms with van der Waals surface area (Å²) in [4.78, 5) is 21.9. The number of urea groups is 1. The van der Waals surface area contributed by atoms with Gasteiger partial charge in [-0.1, -0.05) is 0 Å². The predicted octanol–water partition coefficient (Wildman–Crippen LogP) is 0.431. The summed E-state index contributed by atoms with van der Waals surface area (Å²) < 4.78 is 4.82. The molecule has 0 heterocycles. The van der Waals surface area contributed by atoms with Gasteiger partial charge in [0.15, 0.2) is 0 Å². The second-order valence-corrected chi connectivity index (χ2v) is 3.66. The molecule has 0 aliphatic rings. The Hall–Kier alpha value is -1.30. The van der Waals surface area contributed by atoms with Crippen molar-refractivity contribution in [3.05, 3.63) is 0 Å². The zero-order chi connectivity index (χ0) is 12.6. The molecule has 2 unspecified atom stereocenters. The fourth-order valence-electron chi connectivity index (χ4n) is 1.02. The molecule has 0 aromatic carbocycles. The SMILES string of the molecule is COCCCNC(=O)NC(C)C(C)C(=O)O. The first-order chi connectivity index (χ1) is 7.49. The highest BCUT2D eigenvalue weighted by Crippen LogP contribution is 2.01. The molecule has 6 nitrogen and oxygen atoms in total. The number of hydrogen-bond acceptors (Lipinski definition) is 3. The van der Waals surface area contributed by atoms with E-state index in [4.69, 9.17) is 9.84 Å². The van der Waals surface area contributed by atoms with Gasteiger partial charge in [0.2, 0.25) is 0 Å². The largest absolute Gasteiger partial charge is 0.481 e. The molecule has 0 saturated heterocycles. The summed E-state index contributed by atoms with van der Waals surface area (Å²) in [6.07, 6.45) is 0.729. The number of rotatable bonds is 7. The Morgan fingerprint density at radius 3 is 2.50 bits per heavy atom. The highest BCUT2D eigenvalue weighted by Gasteiger charge is 2.20. The van der Waals surface area contributed by atoms with Crippen LogP contribution in [-0.2, 0) is 9.53 Å². The quantitative estimate of drug-likeness (QED) is 0.555. The van der Waals surface area contributed by atoms with Gasteiger partial charge in [-0.3, -0.25) is 4.79 Å². The predicted molar refractivity (Wildman–Crippen MR) is 59.3 cm³/mol. The Bertz CT molecular complexity index is 233. The van der Waals surface area contributed by atoms with Gasteiger partial charge in [-0.15, -0.1) is 0 Å². The number of carbonyl (C=O) groups is 2. The first-order valence-electron chi connectivity index (χ1n) is 5.25. The fourth-order valence-corrected chi connectivity index (χ4v) is 1.02. The smallest absolute Gasteiger partial charge is 0.315 e.